The largest absolute Gasteiger partial charge is 2.00 e. The van der Waals surface area contributed by atoms with Crippen molar-refractivity contribution in [3.8, 4) is 57.5 Å². The van der Waals surface area contributed by atoms with Crippen LogP contribution in [0, 0.1) is 35.2 Å². The molecule has 0 aliphatic rings. The van der Waals surface area contributed by atoms with E-state index in [0.717, 1.165) is 55.7 Å². The molecule has 0 aliphatic heterocycles. The first-order chi connectivity index (χ1) is 40.9. The van der Waals surface area contributed by atoms with Crippen molar-refractivity contribution < 1.29 is 110 Å². The number of carbonyl (C=O) groups excluding carboxylic acids is 1. The maximum absolute atomic E-state index is 13.5. The van der Waals surface area contributed by atoms with Gasteiger partial charge in [-0.05, 0) is 124 Å². The summed E-state index contributed by atoms with van der Waals surface area (Å²) < 4.78 is 65.6. The Morgan fingerprint density at radius 3 is 1.20 bits per heavy atom. The fourth-order valence-corrected chi connectivity index (χ4v) is 7.49. The average molecular weight is 1530 g/mol. The standard InChI is InChI=1S/C12H4F4N3.2C12H8N3.C11H7FN.C11H7N4.C5H8O2.4Rh/c13-6-7(14)9(16)11-10(8(6)15)18-12(19-11)5-3-1-2-4-17-5;2*1-2-6-10-9(5-1)14-12(15-10)11-7-3-4-8-13-11;12-10-6-4-9(5-7-10)11-3-1-2-8-13-11;1-2-5-9-8(4-1)14-11(15-9)10-12-6-3-7-13-10;1-4(6)3-5(2)7;;;;/h1-4H;2*1-8H;1-4,6-8H;1-7H;3,6H,1-2H3;;;;/q5*-1;;;;;+2. The maximum atomic E-state index is 13.5. The van der Waals surface area contributed by atoms with Gasteiger partial charge >= 0.3 is 19.5 Å². The normalized spacial score (nSPS) is 10.2. The second-order valence-electron chi connectivity index (χ2n) is 17.4. The number of aliphatic hydroxyl groups is 1. The van der Waals surface area contributed by atoms with Crippen LogP contribution in [0.2, 0.25) is 0 Å². The molecule has 14 aromatic rings. The zero-order chi connectivity index (χ0) is 58.8. The number of nitrogens with zero attached hydrogens (tertiary/aromatic N) is 14. The van der Waals surface area contributed by atoms with E-state index in [4.69, 9.17) is 5.11 Å². The molecule has 9 heterocycles. The van der Waals surface area contributed by atoms with Crippen LogP contribution in [0.3, 0.4) is 0 Å². The van der Waals surface area contributed by atoms with Gasteiger partial charge in [0.15, 0.2) is 34.9 Å². The second kappa shape index (κ2) is 34.4. The minimum Gasteiger partial charge on any atom is -0.512 e. The number of hydrogen-bond donors (Lipinski definition) is 1. The molecule has 0 unspecified atom stereocenters. The second-order valence-corrected chi connectivity index (χ2v) is 17.4. The molecule has 5 aromatic carbocycles. The first-order valence-corrected chi connectivity index (χ1v) is 25.2. The number of rotatable bonds is 6. The molecule has 0 atom stereocenters. The molecular weight excluding hydrogens is 1490 g/mol. The molecule has 0 aliphatic carbocycles. The van der Waals surface area contributed by atoms with Crippen LogP contribution in [0.15, 0.2) is 219 Å². The Hall–Kier alpha value is -8.99. The zero-order valence-electron chi connectivity index (χ0n) is 45.5. The number of pyridine rings is 4. The molecule has 16 nitrogen and oxygen atoms in total. The number of hydrogen-bond acceptors (Lipinski definition) is 12. The van der Waals surface area contributed by atoms with Crippen molar-refractivity contribution in [2.45, 2.75) is 13.8 Å². The Morgan fingerprint density at radius 2 is 0.818 bits per heavy atom. The summed E-state index contributed by atoms with van der Waals surface area (Å²) in [7, 11) is 0. The summed E-state index contributed by atoms with van der Waals surface area (Å²) in [5.41, 5.74) is 7.59. The molecule has 0 spiro atoms. The molecule has 25 heteroatoms. The topological polar surface area (TPSA) is 223 Å². The van der Waals surface area contributed by atoms with Crippen LogP contribution < -0.4 is 19.9 Å². The molecule has 9 aromatic heterocycles. The van der Waals surface area contributed by atoms with Crippen molar-refractivity contribution in [2.24, 2.45) is 0 Å². The number of aromatic nitrogens is 14. The van der Waals surface area contributed by atoms with Gasteiger partial charge in [-0.25, -0.2) is 27.5 Å². The number of para-hydroxylation sites is 6. The predicted octanol–water partition coefficient (Wildman–Crippen LogP) is 12.7. The Bertz CT molecular complexity index is 4050. The van der Waals surface area contributed by atoms with E-state index in [2.05, 4.69) is 75.8 Å². The van der Waals surface area contributed by atoms with Crippen molar-refractivity contribution in [3.63, 3.8) is 0 Å². The molecule has 0 fully saturated rings. The van der Waals surface area contributed by atoms with Crippen LogP contribution in [0.25, 0.3) is 102 Å². The third kappa shape index (κ3) is 18.8. The van der Waals surface area contributed by atoms with Crippen molar-refractivity contribution in [1.29, 1.82) is 0 Å². The third-order valence-electron chi connectivity index (χ3n) is 11.2. The van der Waals surface area contributed by atoms with Crippen molar-refractivity contribution in [2.75, 3.05) is 0 Å². The molecule has 0 saturated heterocycles. The van der Waals surface area contributed by atoms with Gasteiger partial charge in [0.05, 0.1) is 22.8 Å². The minimum atomic E-state index is -1.91. The number of ketones is 1. The summed E-state index contributed by atoms with van der Waals surface area (Å²) in [5.74, 6) is -4.85. The van der Waals surface area contributed by atoms with Gasteiger partial charge in [-0.3, -0.25) is 24.1 Å². The average Bonchev–Trinajstić information content (AvgIpc) is 2.06. The van der Waals surface area contributed by atoms with Gasteiger partial charge in [-0.2, -0.15) is 0 Å². The van der Waals surface area contributed by atoms with Crippen molar-refractivity contribution in [3.05, 3.63) is 254 Å². The zero-order valence-corrected chi connectivity index (χ0v) is 52.1. The van der Waals surface area contributed by atoms with Gasteiger partial charge in [0.2, 0.25) is 0 Å². The van der Waals surface area contributed by atoms with Crippen LogP contribution in [-0.2, 0) is 82.7 Å². The molecule has 0 bridgehead atoms. The monoisotopic (exact) mass is 1530 g/mol. The SMILES string of the molecule is CC(=O)C=C(C)O.Fc1c(F)c(F)c2[n-]c(-c3ccccn3)nc2c1F.Fc1c[c-]c(-c2ccccn2)cc1.[Rh+2].[Rh].[Rh].[Rh].c1ccc(-c2nc3ccccc3[n-]2)nc1.c1ccc(-c2nc3ccccc3[n-]2)nc1.c1cnc(-c2nc3ccccc3[n-]2)nc1. The first kappa shape index (κ1) is 69.8. The molecule has 0 saturated carbocycles. The number of halogens is 5. The van der Waals surface area contributed by atoms with E-state index >= 15 is 0 Å². The quantitative estimate of drug-likeness (QED) is 0.0311. The number of allylic oxidation sites excluding steroid dienone is 2. The van der Waals surface area contributed by atoms with Gasteiger partial charge in [0.25, 0.3) is 0 Å². The van der Waals surface area contributed by atoms with E-state index < -0.39 is 34.3 Å². The van der Waals surface area contributed by atoms with E-state index in [-0.39, 0.29) is 107 Å². The Balaban J connectivity index is 0.000000194. The number of aliphatic hydroxyl groups excluding tert-OH is 1. The summed E-state index contributed by atoms with van der Waals surface area (Å²) in [6.45, 7) is 2.85. The van der Waals surface area contributed by atoms with Crippen molar-refractivity contribution in [1.82, 2.24) is 69.8 Å². The number of imidazole rings is 4. The summed E-state index contributed by atoms with van der Waals surface area (Å²) in [5, 5.41) is 8.36. The summed E-state index contributed by atoms with van der Waals surface area (Å²) in [6.07, 6.45) is 11.2. The van der Waals surface area contributed by atoms with E-state index in [9.17, 15) is 26.7 Å². The van der Waals surface area contributed by atoms with Gasteiger partial charge in [-0.15, -0.1) is 29.8 Å². The maximum Gasteiger partial charge on any atom is 2.00 e. The fourth-order valence-electron chi connectivity index (χ4n) is 7.49. The van der Waals surface area contributed by atoms with Crippen molar-refractivity contribution >= 4 is 49.9 Å². The third-order valence-corrected chi connectivity index (χ3v) is 11.2. The molecule has 1 N–H and O–H groups in total. The molecule has 4 radical (unpaired) electrons. The summed E-state index contributed by atoms with van der Waals surface area (Å²) in [4.78, 5) is 68.3. The number of carbonyl (C=O) groups is 1. The summed E-state index contributed by atoms with van der Waals surface area (Å²) >= 11 is 0. The van der Waals surface area contributed by atoms with Gasteiger partial charge in [0.1, 0.15) is 0 Å². The first-order valence-electron chi connectivity index (χ1n) is 25.2. The van der Waals surface area contributed by atoms with Gasteiger partial charge in [-0.1, -0.05) is 103 Å². The fraction of sp³-hybridized carbons (Fsp3) is 0.0317. The Kier molecular flexibility index (Phi) is 27.3. The van der Waals surface area contributed by atoms with Crippen LogP contribution in [0.1, 0.15) is 13.8 Å². The van der Waals surface area contributed by atoms with Crippen LogP contribution in [0.5, 0.6) is 0 Å². The molecular formula is C63H42F5N14O2Rh4-3. The van der Waals surface area contributed by atoms with E-state index in [0.29, 0.717) is 23.3 Å². The van der Waals surface area contributed by atoms with Gasteiger partial charge in [0, 0.05) is 119 Å². The molecule has 450 valence electrons. The number of benzene rings is 5. The Labute approximate surface area is 550 Å². The molecule has 14 rings (SSSR count). The summed E-state index contributed by atoms with van der Waals surface area (Å²) in [6, 6.07) is 54.1. The molecule has 88 heavy (non-hydrogen) atoms. The predicted molar refractivity (Wildman–Crippen MR) is 306 cm³/mol. The van der Waals surface area contributed by atoms with Crippen LogP contribution in [0.4, 0.5) is 22.0 Å². The van der Waals surface area contributed by atoms with E-state index in [1.165, 1.54) is 44.3 Å². The van der Waals surface area contributed by atoms with Crippen LogP contribution in [-0.4, -0.2) is 60.7 Å². The Morgan fingerprint density at radius 1 is 0.432 bits per heavy atom. The smallest absolute Gasteiger partial charge is 0.512 e. The van der Waals surface area contributed by atoms with E-state index in [1.54, 1.807) is 55.2 Å². The molecule has 0 amide bonds. The minimum absolute atomic E-state index is 0. The van der Waals surface area contributed by atoms with Gasteiger partial charge < -0.3 is 50.0 Å². The van der Waals surface area contributed by atoms with E-state index in [1.807, 2.05) is 127 Å². The van der Waals surface area contributed by atoms with Crippen LogP contribution >= 0.6 is 0 Å². The number of fused-ring (bicyclic) bond motifs is 4.